The van der Waals surface area contributed by atoms with Crippen LogP contribution in [0.1, 0.15) is 52.7 Å². The van der Waals surface area contributed by atoms with Crippen LogP contribution in [0.15, 0.2) is 66.0 Å². The minimum absolute atomic E-state index is 0.0210. The Morgan fingerprint density at radius 1 is 0.893 bits per heavy atom. The molecule has 144 valence electrons. The summed E-state index contributed by atoms with van der Waals surface area (Å²) in [5.41, 5.74) is 11.7. The molecule has 4 rings (SSSR count). The van der Waals surface area contributed by atoms with Gasteiger partial charge in [0.2, 0.25) is 5.69 Å². The minimum atomic E-state index is -0.0453. The molecule has 28 heavy (non-hydrogen) atoms. The molecule has 0 aromatic heterocycles. The van der Waals surface area contributed by atoms with Crippen LogP contribution in [0.3, 0.4) is 0 Å². The lowest BCUT2D eigenvalue weighted by Gasteiger charge is -2.24. The topological polar surface area (TPSA) is 6.25 Å². The number of hydrogen-bond donors (Lipinski definition) is 0. The first-order valence-corrected chi connectivity index (χ1v) is 10.4. The Bertz CT molecular complexity index is 1030. The molecule has 2 heterocycles. The van der Waals surface area contributed by atoms with E-state index in [1.54, 1.807) is 0 Å². The molecule has 0 unspecified atom stereocenters. The molecule has 0 spiro atoms. The molecule has 0 bridgehead atoms. The summed E-state index contributed by atoms with van der Waals surface area (Å²) in [7, 11) is 0. The third kappa shape index (κ3) is 2.52. The van der Waals surface area contributed by atoms with Crippen molar-refractivity contribution in [3.05, 3.63) is 77.2 Å². The average Bonchev–Trinajstić information content (AvgIpc) is 3.04. The van der Waals surface area contributed by atoms with Gasteiger partial charge in [-0.3, -0.25) is 0 Å². The van der Waals surface area contributed by atoms with Gasteiger partial charge in [-0.2, -0.15) is 4.58 Å². The Kier molecular flexibility index (Phi) is 4.36. The van der Waals surface area contributed by atoms with Crippen LogP contribution in [0.25, 0.3) is 0 Å². The zero-order valence-corrected chi connectivity index (χ0v) is 18.0. The molecule has 2 nitrogen and oxygen atoms in total. The van der Waals surface area contributed by atoms with Crippen LogP contribution in [-0.4, -0.2) is 23.4 Å². The van der Waals surface area contributed by atoms with E-state index in [9.17, 15) is 0 Å². The van der Waals surface area contributed by atoms with Crippen molar-refractivity contribution >= 4 is 17.1 Å². The van der Waals surface area contributed by atoms with E-state index in [1.807, 2.05) is 0 Å². The first kappa shape index (κ1) is 18.8. The summed E-state index contributed by atoms with van der Waals surface area (Å²) in [6.45, 7) is 15.6. The van der Waals surface area contributed by atoms with E-state index in [1.165, 1.54) is 33.9 Å². The lowest BCUT2D eigenvalue weighted by molar-refractivity contribution is -0.433. The van der Waals surface area contributed by atoms with Crippen molar-refractivity contribution in [3.8, 4) is 0 Å². The quantitative estimate of drug-likeness (QED) is 0.478. The van der Waals surface area contributed by atoms with E-state index in [4.69, 9.17) is 0 Å². The second-order valence-corrected chi connectivity index (χ2v) is 8.80. The van der Waals surface area contributed by atoms with E-state index < -0.39 is 0 Å². The van der Waals surface area contributed by atoms with Crippen LogP contribution in [0.4, 0.5) is 11.4 Å². The Balaban J connectivity index is 1.90. The lowest BCUT2D eigenvalue weighted by atomic mass is 9.81. The number of hydrogen-bond acceptors (Lipinski definition) is 1. The summed E-state index contributed by atoms with van der Waals surface area (Å²) in [6, 6.07) is 17.6. The van der Waals surface area contributed by atoms with Crippen LogP contribution in [0.5, 0.6) is 0 Å². The molecule has 2 heteroatoms. The monoisotopic (exact) mass is 371 g/mol. The number of anilines is 1. The van der Waals surface area contributed by atoms with E-state index in [2.05, 4.69) is 111 Å². The first-order valence-electron chi connectivity index (χ1n) is 10.4. The van der Waals surface area contributed by atoms with E-state index in [0.717, 1.165) is 13.1 Å². The van der Waals surface area contributed by atoms with Gasteiger partial charge in [-0.05, 0) is 53.2 Å². The van der Waals surface area contributed by atoms with Crippen molar-refractivity contribution in [2.24, 2.45) is 0 Å². The van der Waals surface area contributed by atoms with Crippen molar-refractivity contribution in [2.75, 3.05) is 18.0 Å². The van der Waals surface area contributed by atoms with Crippen LogP contribution in [0.2, 0.25) is 0 Å². The molecule has 2 aliphatic rings. The third-order valence-corrected chi connectivity index (χ3v) is 6.51. The van der Waals surface area contributed by atoms with Gasteiger partial charge in [0, 0.05) is 29.3 Å². The molecule has 0 saturated heterocycles. The van der Waals surface area contributed by atoms with Gasteiger partial charge >= 0.3 is 0 Å². The molecule has 2 aromatic rings. The summed E-state index contributed by atoms with van der Waals surface area (Å²) >= 11 is 0. The van der Waals surface area contributed by atoms with E-state index in [-0.39, 0.29) is 10.8 Å². The van der Waals surface area contributed by atoms with Gasteiger partial charge in [0.05, 0.1) is 17.2 Å². The van der Waals surface area contributed by atoms with Crippen molar-refractivity contribution in [3.63, 3.8) is 0 Å². The smallest absolute Gasteiger partial charge is 0.209 e. The largest absolute Gasteiger partial charge is 0.338 e. The summed E-state index contributed by atoms with van der Waals surface area (Å²) in [5.74, 6) is 0. The summed E-state index contributed by atoms with van der Waals surface area (Å²) in [4.78, 5) is 2.41. The number of benzene rings is 2. The number of allylic oxidation sites excluding steroid dienone is 1. The molecular weight excluding hydrogens is 340 g/mol. The maximum Gasteiger partial charge on any atom is 0.209 e. The van der Waals surface area contributed by atoms with E-state index in [0.29, 0.717) is 0 Å². The number of nitrogens with zero attached hydrogens (tertiary/aromatic N) is 2. The molecule has 0 amide bonds. The molecule has 0 fully saturated rings. The predicted octanol–water partition coefficient (Wildman–Crippen LogP) is 5.94. The van der Waals surface area contributed by atoms with Crippen LogP contribution in [0, 0.1) is 0 Å². The second-order valence-electron chi connectivity index (χ2n) is 8.80. The van der Waals surface area contributed by atoms with Crippen LogP contribution >= 0.6 is 0 Å². The lowest BCUT2D eigenvalue weighted by Crippen LogP contribution is -2.28. The Morgan fingerprint density at radius 2 is 1.54 bits per heavy atom. The van der Waals surface area contributed by atoms with Gasteiger partial charge in [-0.1, -0.05) is 42.1 Å². The Hall–Kier alpha value is -2.57. The summed E-state index contributed by atoms with van der Waals surface area (Å²) < 4.78 is 2.44. The Labute approximate surface area is 169 Å². The molecule has 0 radical (unpaired) electrons. The molecule has 0 saturated carbocycles. The summed E-state index contributed by atoms with van der Waals surface area (Å²) in [6.07, 6.45) is 2.25. The summed E-state index contributed by atoms with van der Waals surface area (Å²) in [5, 5.41) is 0. The predicted molar refractivity (Wildman–Crippen MR) is 119 cm³/mol. The molecule has 2 aromatic carbocycles. The number of para-hydroxylation sites is 2. The van der Waals surface area contributed by atoms with Crippen LogP contribution < -0.4 is 4.90 Å². The fraction of sp³-hybridized carbons (Fsp3) is 0.385. The average molecular weight is 372 g/mol. The zero-order chi connectivity index (χ0) is 20.1. The highest BCUT2D eigenvalue weighted by atomic mass is 15.2. The third-order valence-electron chi connectivity index (χ3n) is 6.51. The second kappa shape index (κ2) is 6.50. The van der Waals surface area contributed by atoms with E-state index >= 15 is 0 Å². The Morgan fingerprint density at radius 3 is 2.21 bits per heavy atom. The number of rotatable bonds is 3. The van der Waals surface area contributed by atoms with Crippen molar-refractivity contribution in [2.45, 2.75) is 52.4 Å². The van der Waals surface area contributed by atoms with Gasteiger partial charge in [-0.25, -0.2) is 0 Å². The molecule has 2 aliphatic heterocycles. The van der Waals surface area contributed by atoms with Crippen molar-refractivity contribution in [1.29, 1.82) is 0 Å². The molecule has 0 N–H and O–H groups in total. The maximum absolute atomic E-state index is 3.76. The fourth-order valence-electron chi connectivity index (χ4n) is 4.99. The zero-order valence-electron chi connectivity index (χ0n) is 18.0. The minimum Gasteiger partial charge on any atom is -0.338 e. The maximum atomic E-state index is 3.76. The van der Waals surface area contributed by atoms with Crippen molar-refractivity contribution < 1.29 is 4.58 Å². The van der Waals surface area contributed by atoms with Gasteiger partial charge in [0.25, 0.3) is 0 Å². The SMILES string of the molecule is CCN1C(=C=CC2=[N+](CC)c3ccccc3C2(C)C)C(C)(C)c2ccccc21. The van der Waals surface area contributed by atoms with Crippen LogP contribution in [-0.2, 0) is 10.8 Å². The number of likely N-dealkylation sites (N-methyl/N-ethyl adjacent to an activating group) is 1. The normalized spacial score (nSPS) is 18.8. The van der Waals surface area contributed by atoms with Gasteiger partial charge in [0.15, 0.2) is 5.71 Å². The van der Waals surface area contributed by atoms with Gasteiger partial charge in [0.1, 0.15) is 6.54 Å². The molecule has 0 aliphatic carbocycles. The highest BCUT2D eigenvalue weighted by Gasteiger charge is 2.44. The first-order chi connectivity index (χ1) is 13.3. The standard InChI is InChI=1S/C26H31N2/c1-7-27-21-15-11-9-13-19(21)25(3,4)23(27)17-18-24-26(5,6)20-14-10-12-16-22(20)28(24)8-2/h9-17H,7-8H2,1-6H3/q+1. The highest BCUT2D eigenvalue weighted by Crippen LogP contribution is 2.47. The highest BCUT2D eigenvalue weighted by molar-refractivity contribution is 6.03. The number of fused-ring (bicyclic) bond motifs is 2. The van der Waals surface area contributed by atoms with Crippen molar-refractivity contribution in [1.82, 2.24) is 0 Å². The van der Waals surface area contributed by atoms with Gasteiger partial charge in [-0.15, -0.1) is 0 Å². The van der Waals surface area contributed by atoms with Gasteiger partial charge < -0.3 is 4.90 Å². The molecule has 0 atom stereocenters. The fourth-order valence-corrected chi connectivity index (χ4v) is 4.99. The molecular formula is C26H31N2+.